The second-order valence-electron chi connectivity index (χ2n) is 9.02. The fourth-order valence-electron chi connectivity index (χ4n) is 4.79. The highest BCUT2D eigenvalue weighted by atomic mass is 32.2. The number of carbonyl (C=O) groups excluding carboxylic acids is 2. The smallest absolute Gasteiger partial charge is 0.409 e. The van der Waals surface area contributed by atoms with Crippen molar-refractivity contribution in [2.75, 3.05) is 32.8 Å². The highest BCUT2D eigenvalue weighted by Gasteiger charge is 2.27. The summed E-state index contributed by atoms with van der Waals surface area (Å²) in [7, 11) is 0. The normalized spacial score (nSPS) is 15.6. The van der Waals surface area contributed by atoms with Gasteiger partial charge in [-0.2, -0.15) is 0 Å². The van der Waals surface area contributed by atoms with Crippen LogP contribution >= 0.6 is 23.1 Å². The van der Waals surface area contributed by atoms with Gasteiger partial charge in [-0.05, 0) is 50.3 Å². The van der Waals surface area contributed by atoms with Crippen molar-refractivity contribution in [1.29, 1.82) is 0 Å². The molecule has 11 heteroatoms. The summed E-state index contributed by atoms with van der Waals surface area (Å²) in [5, 5.41) is 1.38. The molecular weight excluding hydrogens is 512 g/mol. The average Bonchev–Trinajstić information content (AvgIpc) is 3.54. The maximum absolute atomic E-state index is 13.4. The third-order valence-electron chi connectivity index (χ3n) is 6.66. The molecule has 4 heterocycles. The second-order valence-corrected chi connectivity index (χ2v) is 11.0. The van der Waals surface area contributed by atoms with Crippen LogP contribution in [-0.4, -0.2) is 64.1 Å². The molecule has 3 aromatic rings. The topological polar surface area (TPSA) is 97.9 Å². The van der Waals surface area contributed by atoms with Crippen molar-refractivity contribution in [2.24, 2.45) is 0 Å². The Hall–Kier alpha value is -3.05. The van der Waals surface area contributed by atoms with E-state index in [1.807, 2.05) is 0 Å². The highest BCUT2D eigenvalue weighted by Crippen LogP contribution is 2.35. The fourth-order valence-corrected chi connectivity index (χ4v) is 6.99. The first kappa shape index (κ1) is 25.6. The monoisotopic (exact) mass is 542 g/mol. The van der Waals surface area contributed by atoms with E-state index in [2.05, 4.69) is 6.58 Å². The molecule has 196 valence electrons. The van der Waals surface area contributed by atoms with Crippen LogP contribution in [0.15, 0.2) is 39.2 Å². The zero-order chi connectivity index (χ0) is 25.9. The van der Waals surface area contributed by atoms with Gasteiger partial charge in [0.05, 0.1) is 17.7 Å². The molecular formula is C26H30N4O5S2. The summed E-state index contributed by atoms with van der Waals surface area (Å²) in [6.45, 7) is 7.99. The standard InChI is InChI=1S/C26H30N4O5S2/c1-3-11-30-24(32)21-18-7-5-6-8-20(18)37-22(21)27-25(30)36-16-17-9-10-19(35-17)23(31)28-12-14-29(15-13-28)26(33)34-4-2/h3,9-10H,1,4-8,11-16H2,2H3. The summed E-state index contributed by atoms with van der Waals surface area (Å²) < 4.78 is 12.6. The number of furan rings is 1. The van der Waals surface area contributed by atoms with Crippen molar-refractivity contribution in [1.82, 2.24) is 19.4 Å². The van der Waals surface area contributed by atoms with Gasteiger partial charge in [-0.25, -0.2) is 9.78 Å². The first-order chi connectivity index (χ1) is 18.0. The van der Waals surface area contributed by atoms with Crippen molar-refractivity contribution in [2.45, 2.75) is 50.1 Å². The fraction of sp³-hybridized carbons (Fsp3) is 0.462. The molecule has 0 unspecified atom stereocenters. The molecule has 0 atom stereocenters. The number of fused-ring (bicyclic) bond motifs is 3. The molecule has 37 heavy (non-hydrogen) atoms. The van der Waals surface area contributed by atoms with Gasteiger partial charge >= 0.3 is 6.09 Å². The van der Waals surface area contributed by atoms with Gasteiger partial charge in [0.2, 0.25) is 0 Å². The number of carbonyl (C=O) groups is 2. The number of aryl methyl sites for hydroxylation is 2. The van der Waals surface area contributed by atoms with Gasteiger partial charge in [0.1, 0.15) is 10.6 Å². The van der Waals surface area contributed by atoms with E-state index in [4.69, 9.17) is 14.1 Å². The Kier molecular flexibility index (Phi) is 7.71. The number of thiophene rings is 1. The largest absolute Gasteiger partial charge is 0.455 e. The maximum Gasteiger partial charge on any atom is 0.409 e. The molecule has 5 rings (SSSR count). The lowest BCUT2D eigenvalue weighted by Gasteiger charge is -2.33. The predicted octanol–water partition coefficient (Wildman–Crippen LogP) is 4.32. The summed E-state index contributed by atoms with van der Waals surface area (Å²) in [6, 6.07) is 3.46. The van der Waals surface area contributed by atoms with Crippen LogP contribution in [0.2, 0.25) is 0 Å². The Bertz CT molecular complexity index is 1380. The number of allylic oxidation sites excluding steroid dienone is 1. The van der Waals surface area contributed by atoms with Crippen LogP contribution < -0.4 is 5.56 Å². The van der Waals surface area contributed by atoms with E-state index in [-0.39, 0.29) is 23.3 Å². The summed E-state index contributed by atoms with van der Waals surface area (Å²) in [5.41, 5.74) is 1.17. The van der Waals surface area contributed by atoms with Gasteiger partial charge in [-0.15, -0.1) is 17.9 Å². The van der Waals surface area contributed by atoms with E-state index in [1.54, 1.807) is 50.8 Å². The van der Waals surface area contributed by atoms with Crippen LogP contribution in [0.5, 0.6) is 0 Å². The second kappa shape index (κ2) is 11.1. The minimum Gasteiger partial charge on any atom is -0.455 e. The molecule has 0 aromatic carbocycles. The van der Waals surface area contributed by atoms with E-state index in [9.17, 15) is 14.4 Å². The summed E-state index contributed by atoms with van der Waals surface area (Å²) >= 11 is 3.05. The van der Waals surface area contributed by atoms with Crippen LogP contribution in [0.4, 0.5) is 4.79 Å². The molecule has 0 saturated carbocycles. The maximum atomic E-state index is 13.4. The van der Waals surface area contributed by atoms with Crippen LogP contribution in [-0.2, 0) is 29.9 Å². The Morgan fingerprint density at radius 2 is 1.95 bits per heavy atom. The summed E-state index contributed by atoms with van der Waals surface area (Å²) in [4.78, 5) is 48.5. The van der Waals surface area contributed by atoms with Crippen molar-refractivity contribution < 1.29 is 18.7 Å². The van der Waals surface area contributed by atoms with E-state index in [0.717, 1.165) is 35.9 Å². The number of aromatic nitrogens is 2. The quantitative estimate of drug-likeness (QED) is 0.249. The first-order valence-corrected chi connectivity index (χ1v) is 14.4. The van der Waals surface area contributed by atoms with E-state index in [1.165, 1.54) is 22.2 Å². The average molecular weight is 543 g/mol. The Morgan fingerprint density at radius 1 is 1.19 bits per heavy atom. The Morgan fingerprint density at radius 3 is 2.70 bits per heavy atom. The minimum atomic E-state index is -0.351. The summed E-state index contributed by atoms with van der Waals surface area (Å²) in [6.07, 6.45) is 5.58. The Labute approximate surface area is 223 Å². The number of hydrogen-bond donors (Lipinski definition) is 0. The highest BCUT2D eigenvalue weighted by molar-refractivity contribution is 7.98. The Balaban J connectivity index is 1.28. The zero-order valence-corrected chi connectivity index (χ0v) is 22.5. The van der Waals surface area contributed by atoms with Gasteiger partial charge in [-0.1, -0.05) is 17.8 Å². The number of hydrogen-bond acceptors (Lipinski definition) is 8. The van der Waals surface area contributed by atoms with Gasteiger partial charge in [-0.3, -0.25) is 14.2 Å². The van der Waals surface area contributed by atoms with Crippen LogP contribution in [0.25, 0.3) is 10.2 Å². The minimum absolute atomic E-state index is 0.0101. The van der Waals surface area contributed by atoms with Crippen molar-refractivity contribution in [3.05, 3.63) is 57.1 Å². The van der Waals surface area contributed by atoms with E-state index < -0.39 is 0 Å². The molecule has 1 aliphatic carbocycles. The number of ether oxygens (including phenoxy) is 1. The number of rotatable bonds is 7. The van der Waals surface area contributed by atoms with Crippen LogP contribution in [0.3, 0.4) is 0 Å². The van der Waals surface area contributed by atoms with Crippen molar-refractivity contribution >= 4 is 45.3 Å². The molecule has 9 nitrogen and oxygen atoms in total. The number of piperazine rings is 1. The molecule has 0 N–H and O–H groups in total. The zero-order valence-electron chi connectivity index (χ0n) is 20.9. The number of thioether (sulfide) groups is 1. The third kappa shape index (κ3) is 5.19. The number of amides is 2. The molecule has 0 bridgehead atoms. The van der Waals surface area contributed by atoms with Crippen molar-refractivity contribution in [3.8, 4) is 0 Å². The van der Waals surface area contributed by atoms with Gasteiger partial charge in [0.25, 0.3) is 11.5 Å². The molecule has 3 aromatic heterocycles. The van der Waals surface area contributed by atoms with E-state index in [0.29, 0.717) is 56.0 Å². The lowest BCUT2D eigenvalue weighted by molar-refractivity contribution is 0.0545. The molecule has 1 aliphatic heterocycles. The molecule has 2 amide bonds. The molecule has 1 saturated heterocycles. The van der Waals surface area contributed by atoms with Crippen molar-refractivity contribution in [3.63, 3.8) is 0 Å². The van der Waals surface area contributed by atoms with Crippen LogP contribution in [0, 0.1) is 0 Å². The molecule has 1 fully saturated rings. The molecule has 0 radical (unpaired) electrons. The van der Waals surface area contributed by atoms with Gasteiger partial charge in [0.15, 0.2) is 10.9 Å². The third-order valence-corrected chi connectivity index (χ3v) is 8.84. The lowest BCUT2D eigenvalue weighted by Crippen LogP contribution is -2.50. The molecule has 0 spiro atoms. The van der Waals surface area contributed by atoms with Gasteiger partial charge in [0, 0.05) is 37.6 Å². The van der Waals surface area contributed by atoms with Gasteiger partial charge < -0.3 is 19.0 Å². The lowest BCUT2D eigenvalue weighted by atomic mass is 9.97. The molecule has 2 aliphatic rings. The summed E-state index contributed by atoms with van der Waals surface area (Å²) in [5.74, 6) is 1.12. The predicted molar refractivity (Wildman–Crippen MR) is 143 cm³/mol. The van der Waals surface area contributed by atoms with Crippen LogP contribution in [0.1, 0.15) is 46.5 Å². The first-order valence-electron chi connectivity index (χ1n) is 12.6. The van der Waals surface area contributed by atoms with E-state index >= 15 is 0 Å². The SMILES string of the molecule is C=CCn1c(SCc2ccc(C(=O)N3CCN(C(=O)OCC)CC3)o2)nc2sc3c(c2c1=O)CCCC3. The number of nitrogens with zero attached hydrogens (tertiary/aromatic N) is 4.